The first-order valence-electron chi connectivity index (χ1n) is 6.64. The molecule has 2 heterocycles. The Morgan fingerprint density at radius 2 is 2.11 bits per heavy atom. The Hall–Kier alpha value is -1.33. The van der Waals surface area contributed by atoms with E-state index in [1.54, 1.807) is 11.8 Å². The molecule has 0 saturated heterocycles. The second kappa shape index (κ2) is 5.35. The topological polar surface area (TPSA) is 42.7 Å². The molecule has 0 aliphatic carbocycles. The van der Waals surface area contributed by atoms with Crippen molar-refractivity contribution in [3.63, 3.8) is 0 Å². The van der Waals surface area contributed by atoms with Crippen LogP contribution in [0.3, 0.4) is 0 Å². The standard InChI is InChI=1S/C14H18N4S/c1-3-12-14-17-16-13(18(14)9-8-15-12)10-4-6-11(19-2)7-5-10/h4-7,12,15H,3,8-9H2,1-2H3. The number of nitrogens with zero attached hydrogens (tertiary/aromatic N) is 3. The third-order valence-electron chi connectivity index (χ3n) is 3.57. The molecule has 1 aliphatic heterocycles. The maximum absolute atomic E-state index is 4.39. The minimum Gasteiger partial charge on any atom is -0.308 e. The molecule has 1 aliphatic rings. The van der Waals surface area contributed by atoms with Crippen molar-refractivity contribution in [1.82, 2.24) is 20.1 Å². The van der Waals surface area contributed by atoms with Crippen molar-refractivity contribution < 1.29 is 0 Å². The van der Waals surface area contributed by atoms with Crippen LogP contribution in [0.4, 0.5) is 0 Å². The van der Waals surface area contributed by atoms with Crippen LogP contribution in [0.25, 0.3) is 11.4 Å². The van der Waals surface area contributed by atoms with Crippen molar-refractivity contribution in [2.24, 2.45) is 0 Å². The van der Waals surface area contributed by atoms with Crippen molar-refractivity contribution in [1.29, 1.82) is 0 Å². The summed E-state index contributed by atoms with van der Waals surface area (Å²) < 4.78 is 2.25. The Labute approximate surface area is 117 Å². The molecule has 0 amide bonds. The molecule has 1 N–H and O–H groups in total. The molecule has 1 aromatic heterocycles. The van der Waals surface area contributed by atoms with Crippen molar-refractivity contribution in [3.8, 4) is 11.4 Å². The summed E-state index contributed by atoms with van der Waals surface area (Å²) in [6.45, 7) is 4.10. The summed E-state index contributed by atoms with van der Waals surface area (Å²) in [4.78, 5) is 1.27. The van der Waals surface area contributed by atoms with Gasteiger partial charge in [0.25, 0.3) is 0 Å². The van der Waals surface area contributed by atoms with Crippen LogP contribution in [-0.2, 0) is 6.54 Å². The lowest BCUT2D eigenvalue weighted by Gasteiger charge is -2.24. The van der Waals surface area contributed by atoms with Gasteiger partial charge in [0, 0.05) is 23.5 Å². The van der Waals surface area contributed by atoms with E-state index in [2.05, 4.69) is 57.5 Å². The van der Waals surface area contributed by atoms with Crippen LogP contribution in [-0.4, -0.2) is 27.6 Å². The molecule has 5 heteroatoms. The zero-order chi connectivity index (χ0) is 13.2. The Bertz CT molecular complexity index is 561. The number of hydrogen-bond acceptors (Lipinski definition) is 4. The molecule has 3 rings (SSSR count). The molecule has 0 saturated carbocycles. The van der Waals surface area contributed by atoms with Crippen LogP contribution >= 0.6 is 11.8 Å². The summed E-state index contributed by atoms with van der Waals surface area (Å²) in [5.74, 6) is 2.06. The fourth-order valence-corrected chi connectivity index (χ4v) is 2.92. The molecule has 0 spiro atoms. The SMILES string of the molecule is CCC1NCCn2c(-c3ccc(SC)cc3)nnc21. The number of nitrogens with one attached hydrogen (secondary N) is 1. The van der Waals surface area contributed by atoms with Gasteiger partial charge in [0.2, 0.25) is 0 Å². The number of aromatic nitrogens is 3. The normalized spacial score (nSPS) is 18.3. The van der Waals surface area contributed by atoms with Crippen molar-refractivity contribution in [2.45, 2.75) is 30.8 Å². The van der Waals surface area contributed by atoms with Gasteiger partial charge in [0.05, 0.1) is 6.04 Å². The number of fused-ring (bicyclic) bond motifs is 1. The maximum Gasteiger partial charge on any atom is 0.164 e. The van der Waals surface area contributed by atoms with Gasteiger partial charge in [0.1, 0.15) is 0 Å². The summed E-state index contributed by atoms with van der Waals surface area (Å²) in [6, 6.07) is 8.87. The van der Waals surface area contributed by atoms with E-state index in [-0.39, 0.29) is 0 Å². The highest BCUT2D eigenvalue weighted by Gasteiger charge is 2.23. The second-order valence-corrected chi connectivity index (χ2v) is 5.56. The van der Waals surface area contributed by atoms with Crippen LogP contribution in [0, 0.1) is 0 Å². The molecule has 100 valence electrons. The third kappa shape index (κ3) is 2.28. The molecule has 0 radical (unpaired) electrons. The first-order chi connectivity index (χ1) is 9.33. The van der Waals surface area contributed by atoms with Crippen LogP contribution in [0.5, 0.6) is 0 Å². The molecule has 1 atom stereocenters. The first-order valence-corrected chi connectivity index (χ1v) is 7.87. The van der Waals surface area contributed by atoms with E-state index in [1.165, 1.54) is 4.90 Å². The van der Waals surface area contributed by atoms with Gasteiger partial charge in [-0.1, -0.05) is 19.1 Å². The molecular formula is C14H18N4S. The summed E-state index contributed by atoms with van der Waals surface area (Å²) in [5.41, 5.74) is 1.15. The van der Waals surface area contributed by atoms with Crippen molar-refractivity contribution in [2.75, 3.05) is 12.8 Å². The predicted molar refractivity (Wildman–Crippen MR) is 78.3 cm³/mol. The van der Waals surface area contributed by atoms with Crippen molar-refractivity contribution >= 4 is 11.8 Å². The van der Waals surface area contributed by atoms with Gasteiger partial charge in [-0.25, -0.2) is 0 Å². The highest BCUT2D eigenvalue weighted by Crippen LogP contribution is 2.26. The summed E-state index contributed by atoms with van der Waals surface area (Å²) in [5, 5.41) is 12.2. The first kappa shape index (κ1) is 12.7. The smallest absolute Gasteiger partial charge is 0.164 e. The third-order valence-corrected chi connectivity index (χ3v) is 4.32. The molecular weight excluding hydrogens is 256 g/mol. The fourth-order valence-electron chi connectivity index (χ4n) is 2.52. The van der Waals surface area contributed by atoms with Gasteiger partial charge in [0.15, 0.2) is 11.6 Å². The zero-order valence-electron chi connectivity index (χ0n) is 11.3. The largest absolute Gasteiger partial charge is 0.308 e. The monoisotopic (exact) mass is 274 g/mol. The van der Waals surface area contributed by atoms with Gasteiger partial charge in [-0.05, 0) is 24.8 Å². The Morgan fingerprint density at radius 3 is 2.79 bits per heavy atom. The molecule has 2 aromatic rings. The van der Waals surface area contributed by atoms with Crippen molar-refractivity contribution in [3.05, 3.63) is 30.1 Å². The number of hydrogen-bond donors (Lipinski definition) is 1. The van der Waals surface area contributed by atoms with Gasteiger partial charge in [-0.15, -0.1) is 22.0 Å². The van der Waals surface area contributed by atoms with Gasteiger partial charge < -0.3 is 9.88 Å². The van der Waals surface area contributed by atoms with Gasteiger partial charge in [-0.3, -0.25) is 0 Å². The Balaban J connectivity index is 1.99. The predicted octanol–water partition coefficient (Wildman–Crippen LogP) is 2.72. The van der Waals surface area contributed by atoms with E-state index < -0.39 is 0 Å². The zero-order valence-corrected chi connectivity index (χ0v) is 12.1. The van der Waals surface area contributed by atoms with Crippen LogP contribution < -0.4 is 5.32 Å². The summed E-state index contributed by atoms with van der Waals surface area (Å²) in [7, 11) is 0. The van der Waals surface area contributed by atoms with Gasteiger partial charge in [-0.2, -0.15) is 0 Å². The fraction of sp³-hybridized carbons (Fsp3) is 0.429. The number of thioether (sulfide) groups is 1. The lowest BCUT2D eigenvalue weighted by molar-refractivity contribution is 0.407. The maximum atomic E-state index is 4.39. The van der Waals surface area contributed by atoms with E-state index in [1.807, 2.05) is 0 Å². The van der Waals surface area contributed by atoms with Crippen LogP contribution in [0.1, 0.15) is 25.2 Å². The molecule has 0 bridgehead atoms. The number of benzene rings is 1. The number of rotatable bonds is 3. The lowest BCUT2D eigenvalue weighted by atomic mass is 10.1. The minimum absolute atomic E-state index is 0.334. The second-order valence-electron chi connectivity index (χ2n) is 4.68. The van der Waals surface area contributed by atoms with Crippen LogP contribution in [0.15, 0.2) is 29.2 Å². The van der Waals surface area contributed by atoms with E-state index in [9.17, 15) is 0 Å². The molecule has 1 unspecified atom stereocenters. The molecule has 4 nitrogen and oxygen atoms in total. The van der Waals surface area contributed by atoms with Gasteiger partial charge >= 0.3 is 0 Å². The summed E-state index contributed by atoms with van der Waals surface area (Å²) in [6.07, 6.45) is 3.13. The van der Waals surface area contributed by atoms with E-state index in [0.717, 1.165) is 36.7 Å². The highest BCUT2D eigenvalue weighted by atomic mass is 32.2. The molecule has 19 heavy (non-hydrogen) atoms. The Kier molecular flexibility index (Phi) is 3.57. The minimum atomic E-state index is 0.334. The highest BCUT2D eigenvalue weighted by molar-refractivity contribution is 7.98. The van der Waals surface area contributed by atoms with E-state index in [4.69, 9.17) is 0 Å². The average molecular weight is 274 g/mol. The quantitative estimate of drug-likeness (QED) is 0.874. The average Bonchev–Trinajstić information content (AvgIpc) is 2.91. The lowest BCUT2D eigenvalue weighted by Crippen LogP contribution is -2.33. The molecule has 0 fully saturated rings. The van der Waals surface area contributed by atoms with E-state index in [0.29, 0.717) is 6.04 Å². The van der Waals surface area contributed by atoms with Crippen LogP contribution in [0.2, 0.25) is 0 Å². The van der Waals surface area contributed by atoms with E-state index >= 15 is 0 Å². The summed E-state index contributed by atoms with van der Waals surface area (Å²) >= 11 is 1.75. The Morgan fingerprint density at radius 1 is 1.32 bits per heavy atom. The molecule has 1 aromatic carbocycles.